The van der Waals surface area contributed by atoms with E-state index in [1.807, 2.05) is 0 Å². The summed E-state index contributed by atoms with van der Waals surface area (Å²) >= 11 is 5.90. The third-order valence-electron chi connectivity index (χ3n) is 4.10. The summed E-state index contributed by atoms with van der Waals surface area (Å²) in [6.45, 7) is 6.28. The monoisotopic (exact) mass is 419 g/mol. The zero-order valence-corrected chi connectivity index (χ0v) is 17.8. The van der Waals surface area contributed by atoms with Crippen molar-refractivity contribution in [3.63, 3.8) is 0 Å². The van der Waals surface area contributed by atoms with Gasteiger partial charge >= 0.3 is 5.97 Å². The molecule has 0 bridgehead atoms. The van der Waals surface area contributed by atoms with Crippen LogP contribution in [0.15, 0.2) is 42.5 Å². The number of nitrogens with one attached hydrogen (secondary N) is 1. The Morgan fingerprint density at radius 2 is 1.83 bits per heavy atom. The zero-order valence-electron chi connectivity index (χ0n) is 17.0. The van der Waals surface area contributed by atoms with Crippen LogP contribution in [-0.4, -0.2) is 31.7 Å². The van der Waals surface area contributed by atoms with Crippen LogP contribution in [-0.2, 0) is 9.53 Å². The molecule has 2 aromatic rings. The number of benzene rings is 2. The lowest BCUT2D eigenvalue weighted by molar-refractivity contribution is -0.123. The van der Waals surface area contributed by atoms with Gasteiger partial charge in [0.2, 0.25) is 0 Å². The maximum atomic E-state index is 12.4. The fourth-order valence-corrected chi connectivity index (χ4v) is 2.60. The van der Waals surface area contributed by atoms with E-state index >= 15 is 0 Å². The molecule has 0 saturated heterocycles. The smallest absolute Gasteiger partial charge is 0.339 e. The van der Waals surface area contributed by atoms with Gasteiger partial charge in [-0.2, -0.15) is 0 Å². The van der Waals surface area contributed by atoms with Crippen molar-refractivity contribution in [1.29, 1.82) is 0 Å². The second-order valence-electron chi connectivity index (χ2n) is 6.94. The van der Waals surface area contributed by atoms with E-state index in [0.717, 1.165) is 6.42 Å². The molecule has 0 heterocycles. The van der Waals surface area contributed by atoms with Gasteiger partial charge in [0.1, 0.15) is 0 Å². The molecule has 156 valence electrons. The molecule has 2 rings (SSSR count). The number of halogens is 1. The molecular weight excluding hydrogens is 394 g/mol. The molecule has 0 saturated carbocycles. The number of anilines is 1. The van der Waals surface area contributed by atoms with Gasteiger partial charge in [0.25, 0.3) is 5.91 Å². The maximum Gasteiger partial charge on any atom is 0.339 e. The number of amides is 1. The number of hydrogen-bond donors (Lipinski definition) is 1. The van der Waals surface area contributed by atoms with Crippen molar-refractivity contribution < 1.29 is 23.8 Å². The SMILES string of the molecule is COc1cc(C(=O)OC(C)C(=O)Nc2cccc(Cl)c2)ccc1OCCC(C)C. The number of esters is 1. The lowest BCUT2D eigenvalue weighted by Crippen LogP contribution is -2.30. The molecule has 0 radical (unpaired) electrons. The minimum atomic E-state index is -0.991. The van der Waals surface area contributed by atoms with Crippen LogP contribution in [0.25, 0.3) is 0 Å². The molecule has 29 heavy (non-hydrogen) atoms. The van der Waals surface area contributed by atoms with Crippen LogP contribution in [0, 0.1) is 5.92 Å². The summed E-state index contributed by atoms with van der Waals surface area (Å²) in [4.78, 5) is 24.7. The summed E-state index contributed by atoms with van der Waals surface area (Å²) in [6.07, 6.45) is -0.0823. The van der Waals surface area contributed by atoms with Crippen molar-refractivity contribution in [2.75, 3.05) is 19.0 Å². The number of rotatable bonds is 9. The number of methoxy groups -OCH3 is 1. The first kappa shape index (κ1) is 22.6. The normalized spacial score (nSPS) is 11.7. The number of carbonyl (C=O) groups excluding carboxylic acids is 2. The zero-order chi connectivity index (χ0) is 21.4. The maximum absolute atomic E-state index is 12.4. The van der Waals surface area contributed by atoms with Gasteiger partial charge in [0, 0.05) is 10.7 Å². The predicted molar refractivity (Wildman–Crippen MR) is 113 cm³/mol. The van der Waals surface area contributed by atoms with Crippen molar-refractivity contribution in [2.24, 2.45) is 5.92 Å². The van der Waals surface area contributed by atoms with Gasteiger partial charge in [-0.1, -0.05) is 31.5 Å². The second kappa shape index (κ2) is 10.7. The Hall–Kier alpha value is -2.73. The third-order valence-corrected chi connectivity index (χ3v) is 4.33. The minimum absolute atomic E-state index is 0.264. The number of hydrogen-bond acceptors (Lipinski definition) is 5. The molecule has 0 aliphatic rings. The standard InChI is InChI=1S/C22H26ClNO5/c1-14(2)10-11-28-19-9-8-16(12-20(19)27-4)22(26)29-15(3)21(25)24-18-7-5-6-17(23)13-18/h5-9,12-15H,10-11H2,1-4H3,(H,24,25). The minimum Gasteiger partial charge on any atom is -0.493 e. The first-order valence-electron chi connectivity index (χ1n) is 9.38. The molecule has 0 spiro atoms. The number of carbonyl (C=O) groups is 2. The highest BCUT2D eigenvalue weighted by Gasteiger charge is 2.20. The lowest BCUT2D eigenvalue weighted by Gasteiger charge is -2.15. The molecule has 7 heteroatoms. The Labute approximate surface area is 176 Å². The molecule has 2 aromatic carbocycles. The summed E-state index contributed by atoms with van der Waals surface area (Å²) in [5.74, 6) is 0.414. The van der Waals surface area contributed by atoms with Crippen LogP contribution < -0.4 is 14.8 Å². The van der Waals surface area contributed by atoms with E-state index in [1.165, 1.54) is 20.1 Å². The summed E-state index contributed by atoms with van der Waals surface area (Å²) in [5.41, 5.74) is 0.787. The fourth-order valence-electron chi connectivity index (χ4n) is 2.41. The average molecular weight is 420 g/mol. The Balaban J connectivity index is 1.99. The Kier molecular flexibility index (Phi) is 8.34. The summed E-state index contributed by atoms with van der Waals surface area (Å²) in [6, 6.07) is 11.5. The summed E-state index contributed by atoms with van der Waals surface area (Å²) in [5, 5.41) is 3.15. The van der Waals surface area contributed by atoms with Crippen LogP contribution in [0.3, 0.4) is 0 Å². The van der Waals surface area contributed by atoms with E-state index in [1.54, 1.807) is 36.4 Å². The van der Waals surface area contributed by atoms with Gasteiger partial charge in [0.15, 0.2) is 17.6 Å². The van der Waals surface area contributed by atoms with E-state index in [4.69, 9.17) is 25.8 Å². The van der Waals surface area contributed by atoms with Crippen LogP contribution in [0.1, 0.15) is 37.6 Å². The van der Waals surface area contributed by atoms with Crippen LogP contribution in [0.4, 0.5) is 5.69 Å². The highest BCUT2D eigenvalue weighted by molar-refractivity contribution is 6.30. The first-order valence-corrected chi connectivity index (χ1v) is 9.76. The molecule has 1 unspecified atom stereocenters. The molecule has 0 fully saturated rings. The lowest BCUT2D eigenvalue weighted by atomic mass is 10.1. The highest BCUT2D eigenvalue weighted by atomic mass is 35.5. The molecule has 1 N–H and O–H groups in total. The predicted octanol–water partition coefficient (Wildman–Crippen LogP) is 4.96. The van der Waals surface area contributed by atoms with Gasteiger partial charge < -0.3 is 19.5 Å². The summed E-state index contributed by atoms with van der Waals surface area (Å²) < 4.78 is 16.3. The van der Waals surface area contributed by atoms with Crippen molar-refractivity contribution in [3.8, 4) is 11.5 Å². The molecular formula is C22H26ClNO5. The molecule has 0 aromatic heterocycles. The molecule has 0 aliphatic carbocycles. The summed E-state index contributed by atoms with van der Waals surface area (Å²) in [7, 11) is 1.50. The largest absolute Gasteiger partial charge is 0.493 e. The van der Waals surface area contributed by atoms with Crippen molar-refractivity contribution in [3.05, 3.63) is 53.1 Å². The topological polar surface area (TPSA) is 73.9 Å². The molecule has 6 nitrogen and oxygen atoms in total. The van der Waals surface area contributed by atoms with E-state index < -0.39 is 18.0 Å². The van der Waals surface area contributed by atoms with Gasteiger partial charge in [-0.25, -0.2) is 4.79 Å². The molecule has 0 aliphatic heterocycles. The second-order valence-corrected chi connectivity index (χ2v) is 7.38. The highest BCUT2D eigenvalue weighted by Crippen LogP contribution is 2.29. The Bertz CT molecular complexity index is 853. The van der Waals surface area contributed by atoms with E-state index in [9.17, 15) is 9.59 Å². The first-order chi connectivity index (χ1) is 13.8. The van der Waals surface area contributed by atoms with E-state index in [-0.39, 0.29) is 5.56 Å². The average Bonchev–Trinajstić information content (AvgIpc) is 2.67. The number of ether oxygens (including phenoxy) is 3. The van der Waals surface area contributed by atoms with Crippen molar-refractivity contribution >= 4 is 29.2 Å². The Morgan fingerprint density at radius 1 is 1.07 bits per heavy atom. The van der Waals surface area contributed by atoms with Crippen LogP contribution in [0.2, 0.25) is 5.02 Å². The van der Waals surface area contributed by atoms with Gasteiger partial charge in [-0.15, -0.1) is 0 Å². The molecule has 1 atom stereocenters. The molecule has 1 amide bonds. The van der Waals surface area contributed by atoms with Crippen molar-refractivity contribution in [1.82, 2.24) is 0 Å². The quantitative estimate of drug-likeness (QED) is 0.581. The van der Waals surface area contributed by atoms with Crippen LogP contribution >= 0.6 is 11.6 Å². The van der Waals surface area contributed by atoms with E-state index in [2.05, 4.69) is 19.2 Å². The third kappa shape index (κ3) is 6.98. The van der Waals surface area contributed by atoms with Gasteiger partial charge in [0.05, 0.1) is 19.3 Å². The van der Waals surface area contributed by atoms with Gasteiger partial charge in [-0.3, -0.25) is 4.79 Å². The van der Waals surface area contributed by atoms with Crippen LogP contribution in [0.5, 0.6) is 11.5 Å². The fraction of sp³-hybridized carbons (Fsp3) is 0.364. The van der Waals surface area contributed by atoms with Gasteiger partial charge in [-0.05, 0) is 55.7 Å². The Morgan fingerprint density at radius 3 is 2.48 bits per heavy atom. The van der Waals surface area contributed by atoms with E-state index in [0.29, 0.717) is 34.7 Å². The van der Waals surface area contributed by atoms with Crippen molar-refractivity contribution in [2.45, 2.75) is 33.3 Å².